The molecular formula is C14H16N2O4. The molecule has 0 fully saturated rings. The quantitative estimate of drug-likeness (QED) is 0.897. The number of aromatic carboxylic acids is 2. The molecule has 0 spiro atoms. The Morgan fingerprint density at radius 2 is 1.85 bits per heavy atom. The number of imidazole rings is 1. The first-order valence-corrected chi connectivity index (χ1v) is 6.16. The Balaban J connectivity index is 2.69. The van der Waals surface area contributed by atoms with E-state index in [9.17, 15) is 14.7 Å². The standard InChI is InChI=1S/C14H16N2O4/c1-14(2,3)6-10-15-11(13(19)20)9-5-4-8(12(17)18)7-16(9)10/h4-5,7H,6H2,1-3H3,(H,17,18)(H,19,20). The molecule has 0 saturated carbocycles. The van der Waals surface area contributed by atoms with Gasteiger partial charge in [-0.1, -0.05) is 20.8 Å². The van der Waals surface area contributed by atoms with Crippen molar-refractivity contribution >= 4 is 17.5 Å². The van der Waals surface area contributed by atoms with Crippen molar-refractivity contribution < 1.29 is 19.8 Å². The van der Waals surface area contributed by atoms with Gasteiger partial charge in [0.1, 0.15) is 5.82 Å². The summed E-state index contributed by atoms with van der Waals surface area (Å²) in [5.41, 5.74) is 0.362. The molecule has 6 heteroatoms. The molecule has 0 aliphatic rings. The van der Waals surface area contributed by atoms with Crippen molar-refractivity contribution in [3.8, 4) is 0 Å². The van der Waals surface area contributed by atoms with E-state index in [4.69, 9.17) is 5.11 Å². The van der Waals surface area contributed by atoms with Crippen LogP contribution in [0.4, 0.5) is 0 Å². The van der Waals surface area contributed by atoms with Gasteiger partial charge >= 0.3 is 11.9 Å². The number of aromatic nitrogens is 2. The van der Waals surface area contributed by atoms with Gasteiger partial charge in [0.05, 0.1) is 11.1 Å². The molecule has 2 rings (SSSR count). The van der Waals surface area contributed by atoms with Gasteiger partial charge in [-0.2, -0.15) is 0 Å². The first-order chi connectivity index (χ1) is 9.19. The zero-order valence-electron chi connectivity index (χ0n) is 11.5. The fourth-order valence-corrected chi connectivity index (χ4v) is 2.03. The minimum atomic E-state index is -1.12. The predicted octanol–water partition coefficient (Wildman–Crippen LogP) is 2.32. The highest BCUT2D eigenvalue weighted by Gasteiger charge is 2.21. The zero-order valence-corrected chi connectivity index (χ0v) is 11.5. The summed E-state index contributed by atoms with van der Waals surface area (Å²) in [4.78, 5) is 26.4. The summed E-state index contributed by atoms with van der Waals surface area (Å²) in [6.07, 6.45) is 1.96. The van der Waals surface area contributed by atoms with E-state index in [-0.39, 0.29) is 16.7 Å². The van der Waals surface area contributed by atoms with Gasteiger partial charge in [0.25, 0.3) is 0 Å². The molecule has 0 radical (unpaired) electrons. The lowest BCUT2D eigenvalue weighted by atomic mass is 9.92. The number of hydrogen-bond donors (Lipinski definition) is 2. The van der Waals surface area contributed by atoms with E-state index in [0.717, 1.165) is 0 Å². The Bertz CT molecular complexity index is 695. The monoisotopic (exact) mass is 276 g/mol. The van der Waals surface area contributed by atoms with Gasteiger partial charge in [-0.15, -0.1) is 0 Å². The Labute approximate surface area is 115 Å². The smallest absolute Gasteiger partial charge is 0.356 e. The third kappa shape index (κ3) is 2.64. The van der Waals surface area contributed by atoms with Crippen LogP contribution in [0.1, 0.15) is 47.4 Å². The number of nitrogens with zero attached hydrogens (tertiary/aromatic N) is 2. The highest BCUT2D eigenvalue weighted by molar-refractivity contribution is 5.95. The number of pyridine rings is 1. The summed E-state index contributed by atoms with van der Waals surface area (Å²) in [6.45, 7) is 6.03. The molecule has 6 nitrogen and oxygen atoms in total. The van der Waals surface area contributed by atoms with E-state index < -0.39 is 11.9 Å². The lowest BCUT2D eigenvalue weighted by molar-refractivity contribution is 0.0684. The molecule has 2 aromatic heterocycles. The Hall–Kier alpha value is -2.37. The van der Waals surface area contributed by atoms with Gasteiger partial charge < -0.3 is 14.6 Å². The van der Waals surface area contributed by atoms with E-state index in [1.54, 1.807) is 4.40 Å². The molecule has 20 heavy (non-hydrogen) atoms. The predicted molar refractivity (Wildman–Crippen MR) is 72.3 cm³/mol. The minimum Gasteiger partial charge on any atom is -0.478 e. The Morgan fingerprint density at radius 3 is 2.35 bits per heavy atom. The second-order valence-corrected chi connectivity index (χ2v) is 5.90. The van der Waals surface area contributed by atoms with Crippen molar-refractivity contribution in [1.82, 2.24) is 9.38 Å². The number of carboxylic acids is 2. The summed E-state index contributed by atoms with van der Waals surface area (Å²) in [6, 6.07) is 2.86. The topological polar surface area (TPSA) is 91.9 Å². The van der Waals surface area contributed by atoms with Crippen LogP contribution in [-0.4, -0.2) is 31.5 Å². The Morgan fingerprint density at radius 1 is 1.20 bits per heavy atom. The van der Waals surface area contributed by atoms with Crippen molar-refractivity contribution in [3.05, 3.63) is 35.4 Å². The van der Waals surface area contributed by atoms with Gasteiger partial charge in [0, 0.05) is 12.6 Å². The summed E-state index contributed by atoms with van der Waals surface area (Å²) < 4.78 is 1.55. The van der Waals surface area contributed by atoms with Gasteiger partial charge in [0.2, 0.25) is 0 Å². The van der Waals surface area contributed by atoms with Crippen LogP contribution in [0.5, 0.6) is 0 Å². The molecular weight excluding hydrogens is 260 g/mol. The van der Waals surface area contributed by atoms with Crippen LogP contribution in [-0.2, 0) is 6.42 Å². The van der Waals surface area contributed by atoms with Crippen molar-refractivity contribution in [2.24, 2.45) is 5.41 Å². The average molecular weight is 276 g/mol. The zero-order chi connectivity index (χ0) is 15.1. The molecule has 2 heterocycles. The highest BCUT2D eigenvalue weighted by Crippen LogP contribution is 2.23. The fraction of sp³-hybridized carbons (Fsp3) is 0.357. The third-order valence-corrected chi connectivity index (χ3v) is 2.85. The summed E-state index contributed by atoms with van der Waals surface area (Å²) >= 11 is 0. The second-order valence-electron chi connectivity index (χ2n) is 5.90. The van der Waals surface area contributed by atoms with E-state index in [1.165, 1.54) is 18.3 Å². The van der Waals surface area contributed by atoms with Crippen molar-refractivity contribution in [2.45, 2.75) is 27.2 Å². The number of rotatable bonds is 3. The summed E-state index contributed by atoms with van der Waals surface area (Å²) in [7, 11) is 0. The van der Waals surface area contributed by atoms with Crippen LogP contribution < -0.4 is 0 Å². The lowest BCUT2D eigenvalue weighted by Crippen LogP contribution is -2.12. The van der Waals surface area contributed by atoms with Crippen LogP contribution in [0.3, 0.4) is 0 Å². The molecule has 0 unspecified atom stereocenters. The van der Waals surface area contributed by atoms with Crippen LogP contribution in [0, 0.1) is 5.41 Å². The Kier molecular flexibility index (Phi) is 3.25. The molecule has 106 valence electrons. The van der Waals surface area contributed by atoms with Crippen LogP contribution in [0.15, 0.2) is 18.3 Å². The maximum Gasteiger partial charge on any atom is 0.356 e. The maximum atomic E-state index is 11.2. The van der Waals surface area contributed by atoms with Crippen molar-refractivity contribution in [3.63, 3.8) is 0 Å². The minimum absolute atomic E-state index is 0.0545. The van der Waals surface area contributed by atoms with Crippen molar-refractivity contribution in [2.75, 3.05) is 0 Å². The average Bonchev–Trinajstić information content (AvgIpc) is 2.65. The lowest BCUT2D eigenvalue weighted by Gasteiger charge is -2.16. The van der Waals surface area contributed by atoms with E-state index in [2.05, 4.69) is 4.98 Å². The normalized spacial score (nSPS) is 11.8. The molecule has 2 N–H and O–H groups in total. The van der Waals surface area contributed by atoms with Crippen LogP contribution in [0.25, 0.3) is 5.52 Å². The van der Waals surface area contributed by atoms with Gasteiger partial charge in [-0.05, 0) is 17.5 Å². The number of carboxylic acid groups (broad SMARTS) is 2. The van der Waals surface area contributed by atoms with E-state index >= 15 is 0 Å². The van der Waals surface area contributed by atoms with E-state index in [0.29, 0.717) is 17.8 Å². The van der Waals surface area contributed by atoms with E-state index in [1.807, 2.05) is 20.8 Å². The molecule has 0 aromatic carbocycles. The molecule has 0 saturated heterocycles. The number of fused-ring (bicyclic) bond motifs is 1. The highest BCUT2D eigenvalue weighted by atomic mass is 16.4. The molecule has 0 amide bonds. The molecule has 0 atom stereocenters. The first kappa shape index (κ1) is 14.0. The number of hydrogen-bond acceptors (Lipinski definition) is 3. The van der Waals surface area contributed by atoms with Gasteiger partial charge in [-0.25, -0.2) is 14.6 Å². The molecule has 0 aliphatic heterocycles. The van der Waals surface area contributed by atoms with Crippen molar-refractivity contribution in [1.29, 1.82) is 0 Å². The summed E-state index contributed by atoms with van der Waals surface area (Å²) in [5.74, 6) is -1.63. The van der Waals surface area contributed by atoms with Crippen LogP contribution >= 0.6 is 0 Å². The second kappa shape index (κ2) is 4.63. The van der Waals surface area contributed by atoms with Gasteiger partial charge in [-0.3, -0.25) is 0 Å². The molecule has 2 aromatic rings. The maximum absolute atomic E-state index is 11.2. The first-order valence-electron chi connectivity index (χ1n) is 6.16. The summed E-state index contributed by atoms with van der Waals surface area (Å²) in [5, 5.41) is 18.2. The SMILES string of the molecule is CC(C)(C)Cc1nc(C(=O)O)c2ccc(C(=O)O)cn12. The molecule has 0 aliphatic carbocycles. The largest absolute Gasteiger partial charge is 0.478 e. The number of carbonyl (C=O) groups is 2. The third-order valence-electron chi connectivity index (χ3n) is 2.85. The fourth-order valence-electron chi connectivity index (χ4n) is 2.03. The van der Waals surface area contributed by atoms with Gasteiger partial charge in [0.15, 0.2) is 5.69 Å². The van der Waals surface area contributed by atoms with Crippen LogP contribution in [0.2, 0.25) is 0 Å². The molecule has 0 bridgehead atoms.